The highest BCUT2D eigenvalue weighted by Gasteiger charge is 2.22. The molecule has 0 heterocycles. The molecule has 3 nitrogen and oxygen atoms in total. The maximum absolute atomic E-state index is 12.7. The van der Waals surface area contributed by atoms with Crippen molar-refractivity contribution >= 4 is 11.7 Å². The molecule has 0 unspecified atom stereocenters. The maximum atomic E-state index is 12.7. The Morgan fingerprint density at radius 2 is 1.89 bits per heavy atom. The molecule has 2 amide bonds. The Bertz CT molecular complexity index is 405. The van der Waals surface area contributed by atoms with E-state index in [1.165, 1.54) is 31.4 Å². The fourth-order valence-electron chi connectivity index (χ4n) is 2.40. The monoisotopic (exact) mass is 250 g/mol. The van der Waals surface area contributed by atoms with Gasteiger partial charge in [-0.3, -0.25) is 0 Å². The summed E-state index contributed by atoms with van der Waals surface area (Å²) in [5.41, 5.74) is 0.609. The Hall–Kier alpha value is -1.58. The van der Waals surface area contributed by atoms with E-state index in [0.29, 0.717) is 11.6 Å². The average molecular weight is 250 g/mol. The third kappa shape index (κ3) is 3.45. The fraction of sp³-hybridized carbons (Fsp3) is 0.500. The molecule has 98 valence electrons. The molecular weight excluding hydrogens is 231 g/mol. The van der Waals surface area contributed by atoms with Gasteiger partial charge in [-0.1, -0.05) is 19.8 Å². The van der Waals surface area contributed by atoms with Gasteiger partial charge in [0.25, 0.3) is 0 Å². The molecule has 1 saturated carbocycles. The van der Waals surface area contributed by atoms with Gasteiger partial charge >= 0.3 is 6.03 Å². The van der Waals surface area contributed by atoms with Crippen molar-refractivity contribution in [3.63, 3.8) is 0 Å². The summed E-state index contributed by atoms with van der Waals surface area (Å²) < 4.78 is 12.7. The highest BCUT2D eigenvalue weighted by atomic mass is 19.1. The number of carbonyl (C=O) groups excluding carboxylic acids is 1. The summed E-state index contributed by atoms with van der Waals surface area (Å²) >= 11 is 0. The van der Waals surface area contributed by atoms with Crippen LogP contribution in [-0.2, 0) is 0 Å². The van der Waals surface area contributed by atoms with Crippen LogP contribution in [0.2, 0.25) is 0 Å². The van der Waals surface area contributed by atoms with Gasteiger partial charge in [0, 0.05) is 11.7 Å². The third-order valence-electron chi connectivity index (χ3n) is 3.53. The molecule has 0 saturated heterocycles. The molecule has 2 N–H and O–H groups in total. The third-order valence-corrected chi connectivity index (χ3v) is 3.53. The Morgan fingerprint density at radius 3 is 2.56 bits per heavy atom. The molecule has 18 heavy (non-hydrogen) atoms. The lowest BCUT2D eigenvalue weighted by Crippen LogP contribution is -2.43. The lowest BCUT2D eigenvalue weighted by molar-refractivity contribution is 0.232. The molecule has 0 bridgehead atoms. The molecule has 1 fully saturated rings. The molecule has 1 aliphatic rings. The molecule has 0 aliphatic heterocycles. The number of anilines is 1. The van der Waals surface area contributed by atoms with E-state index >= 15 is 0 Å². The van der Waals surface area contributed by atoms with Crippen LogP contribution in [0.4, 0.5) is 14.9 Å². The van der Waals surface area contributed by atoms with Crippen LogP contribution >= 0.6 is 0 Å². The predicted molar refractivity (Wildman–Crippen MR) is 70.0 cm³/mol. The smallest absolute Gasteiger partial charge is 0.319 e. The van der Waals surface area contributed by atoms with Gasteiger partial charge in [-0.05, 0) is 43.0 Å². The van der Waals surface area contributed by atoms with Crippen LogP contribution in [0, 0.1) is 11.7 Å². The van der Waals surface area contributed by atoms with Crippen molar-refractivity contribution in [1.29, 1.82) is 0 Å². The number of hydrogen-bond donors (Lipinski definition) is 2. The lowest BCUT2D eigenvalue weighted by Gasteiger charge is -2.29. The minimum Gasteiger partial charge on any atom is -0.335 e. The second-order valence-electron chi connectivity index (χ2n) is 4.97. The van der Waals surface area contributed by atoms with Gasteiger partial charge in [-0.25, -0.2) is 9.18 Å². The number of benzene rings is 1. The number of carbonyl (C=O) groups is 1. The van der Waals surface area contributed by atoms with Crippen molar-refractivity contribution in [2.45, 2.75) is 38.6 Å². The molecule has 0 spiro atoms. The number of nitrogens with one attached hydrogen (secondary N) is 2. The molecular formula is C14H19FN2O. The van der Waals surface area contributed by atoms with Crippen LogP contribution < -0.4 is 10.6 Å². The van der Waals surface area contributed by atoms with E-state index in [1.54, 1.807) is 12.1 Å². The molecule has 4 heteroatoms. The van der Waals surface area contributed by atoms with Crippen molar-refractivity contribution in [2.75, 3.05) is 5.32 Å². The normalized spacial score (nSPS) is 23.4. The van der Waals surface area contributed by atoms with Gasteiger partial charge in [-0.2, -0.15) is 0 Å². The summed E-state index contributed by atoms with van der Waals surface area (Å²) in [6.45, 7) is 2.17. The Balaban J connectivity index is 1.86. The predicted octanol–water partition coefficient (Wildman–Crippen LogP) is 3.53. The molecule has 2 rings (SSSR count). The molecule has 2 atom stereocenters. The first-order chi connectivity index (χ1) is 8.65. The minimum absolute atomic E-state index is 0.208. The van der Waals surface area contributed by atoms with Gasteiger partial charge in [0.05, 0.1) is 0 Å². The van der Waals surface area contributed by atoms with Crippen LogP contribution in [0.25, 0.3) is 0 Å². The number of urea groups is 1. The van der Waals surface area contributed by atoms with Crippen LogP contribution in [0.3, 0.4) is 0 Å². The van der Waals surface area contributed by atoms with Gasteiger partial charge in [0.1, 0.15) is 5.82 Å². The zero-order valence-electron chi connectivity index (χ0n) is 10.6. The highest BCUT2D eigenvalue weighted by molar-refractivity contribution is 5.89. The standard InChI is InChI=1S/C14H19FN2O/c1-10-4-2-3-5-13(10)17-14(18)16-12-8-6-11(15)7-9-12/h6-10,13H,2-5H2,1H3,(H2,16,17,18)/t10-,13-/m0/s1. The van der Waals surface area contributed by atoms with Gasteiger partial charge in [-0.15, -0.1) is 0 Å². The molecule has 1 aromatic rings. The minimum atomic E-state index is -0.304. The summed E-state index contributed by atoms with van der Waals surface area (Å²) in [6, 6.07) is 5.82. The first kappa shape index (κ1) is 12.9. The van der Waals surface area contributed by atoms with E-state index in [0.717, 1.165) is 6.42 Å². The van der Waals surface area contributed by atoms with E-state index in [2.05, 4.69) is 17.6 Å². The van der Waals surface area contributed by atoms with Crippen molar-refractivity contribution in [3.8, 4) is 0 Å². The summed E-state index contributed by atoms with van der Waals surface area (Å²) in [7, 11) is 0. The van der Waals surface area contributed by atoms with Crippen molar-refractivity contribution < 1.29 is 9.18 Å². The molecule has 0 radical (unpaired) electrons. The SMILES string of the molecule is C[C@H]1CCCC[C@@H]1NC(=O)Nc1ccc(F)cc1. The maximum Gasteiger partial charge on any atom is 0.319 e. The lowest BCUT2D eigenvalue weighted by atomic mass is 9.86. The van der Waals surface area contributed by atoms with Gasteiger partial charge < -0.3 is 10.6 Å². The van der Waals surface area contributed by atoms with Crippen LogP contribution in [0.15, 0.2) is 24.3 Å². The molecule has 0 aromatic heterocycles. The summed E-state index contributed by atoms with van der Waals surface area (Å²) in [5, 5.41) is 5.71. The van der Waals surface area contributed by atoms with Crippen molar-refractivity contribution in [1.82, 2.24) is 5.32 Å². The van der Waals surface area contributed by atoms with E-state index in [1.807, 2.05) is 0 Å². The van der Waals surface area contributed by atoms with E-state index in [-0.39, 0.29) is 17.9 Å². The number of rotatable bonds is 2. The van der Waals surface area contributed by atoms with Crippen LogP contribution in [-0.4, -0.2) is 12.1 Å². The van der Waals surface area contributed by atoms with Gasteiger partial charge in [0.2, 0.25) is 0 Å². The summed E-state index contributed by atoms with van der Waals surface area (Å²) in [4.78, 5) is 11.8. The van der Waals surface area contributed by atoms with Crippen molar-refractivity contribution in [3.05, 3.63) is 30.1 Å². The Labute approximate surface area is 107 Å². The van der Waals surface area contributed by atoms with Crippen LogP contribution in [0.1, 0.15) is 32.6 Å². The second-order valence-corrected chi connectivity index (χ2v) is 4.97. The molecule has 1 aromatic carbocycles. The number of hydrogen-bond acceptors (Lipinski definition) is 1. The highest BCUT2D eigenvalue weighted by Crippen LogP contribution is 2.23. The zero-order chi connectivity index (χ0) is 13.0. The van der Waals surface area contributed by atoms with Crippen molar-refractivity contribution in [2.24, 2.45) is 5.92 Å². The fourth-order valence-corrected chi connectivity index (χ4v) is 2.40. The largest absolute Gasteiger partial charge is 0.335 e. The number of amides is 2. The van der Waals surface area contributed by atoms with E-state index in [4.69, 9.17) is 0 Å². The topological polar surface area (TPSA) is 41.1 Å². The first-order valence-electron chi connectivity index (χ1n) is 6.48. The first-order valence-corrected chi connectivity index (χ1v) is 6.48. The Kier molecular flexibility index (Phi) is 4.18. The number of halogens is 1. The second kappa shape index (κ2) is 5.85. The summed E-state index contributed by atoms with van der Waals surface area (Å²) in [5.74, 6) is 0.222. The van der Waals surface area contributed by atoms with Crippen LogP contribution in [0.5, 0.6) is 0 Å². The summed E-state index contributed by atoms with van der Waals surface area (Å²) in [6.07, 6.45) is 4.63. The zero-order valence-corrected chi connectivity index (χ0v) is 10.6. The average Bonchev–Trinajstić information content (AvgIpc) is 2.35. The molecule has 1 aliphatic carbocycles. The Morgan fingerprint density at radius 1 is 1.22 bits per heavy atom. The van der Waals surface area contributed by atoms with E-state index in [9.17, 15) is 9.18 Å². The van der Waals surface area contributed by atoms with E-state index < -0.39 is 0 Å². The van der Waals surface area contributed by atoms with Gasteiger partial charge in [0.15, 0.2) is 0 Å². The quantitative estimate of drug-likeness (QED) is 0.828.